The van der Waals surface area contributed by atoms with E-state index in [-0.39, 0.29) is 6.61 Å². The average Bonchev–Trinajstić information content (AvgIpc) is 2.88. The van der Waals surface area contributed by atoms with E-state index in [4.69, 9.17) is 10.5 Å². The molecule has 0 spiro atoms. The van der Waals surface area contributed by atoms with Crippen LogP contribution >= 0.6 is 0 Å². The average molecular weight is 371 g/mol. The highest BCUT2D eigenvalue weighted by atomic mass is 16.5. The number of hydrogen-bond donors (Lipinski definition) is 2. The standard InChI is InChI=1S/C24H21NO3/c25-22(23(26)27)16-28-24(19-10-2-1-3-11-19)20-12-6-4-8-17(20)14-15-18-9-5-7-13-21(18)24/h1-15,22H,16,25H2,(H,26,27)/t22-/m0/s1. The highest BCUT2D eigenvalue weighted by molar-refractivity contribution is 5.79. The minimum Gasteiger partial charge on any atom is -0.480 e. The molecule has 4 rings (SSSR count). The van der Waals surface area contributed by atoms with Crippen LogP contribution < -0.4 is 5.73 Å². The molecule has 4 nitrogen and oxygen atoms in total. The molecule has 3 aromatic carbocycles. The van der Waals surface area contributed by atoms with E-state index in [1.54, 1.807) is 0 Å². The van der Waals surface area contributed by atoms with E-state index < -0.39 is 17.6 Å². The van der Waals surface area contributed by atoms with Gasteiger partial charge in [0.15, 0.2) is 0 Å². The molecule has 1 atom stereocenters. The van der Waals surface area contributed by atoms with Gasteiger partial charge in [0.05, 0.1) is 6.61 Å². The van der Waals surface area contributed by atoms with Gasteiger partial charge in [-0.3, -0.25) is 4.79 Å². The molecule has 0 radical (unpaired) electrons. The summed E-state index contributed by atoms with van der Waals surface area (Å²) in [5, 5.41) is 9.29. The number of ether oxygens (including phenoxy) is 1. The number of carboxylic acid groups (broad SMARTS) is 1. The maximum atomic E-state index is 11.4. The summed E-state index contributed by atoms with van der Waals surface area (Å²) in [7, 11) is 0. The van der Waals surface area contributed by atoms with Gasteiger partial charge >= 0.3 is 5.97 Å². The van der Waals surface area contributed by atoms with Crippen LogP contribution in [0.3, 0.4) is 0 Å². The van der Waals surface area contributed by atoms with Crippen LogP contribution in [-0.4, -0.2) is 23.7 Å². The van der Waals surface area contributed by atoms with Crippen molar-refractivity contribution < 1.29 is 14.6 Å². The molecule has 3 N–H and O–H groups in total. The molecule has 28 heavy (non-hydrogen) atoms. The van der Waals surface area contributed by atoms with E-state index in [2.05, 4.69) is 12.2 Å². The molecular weight excluding hydrogens is 350 g/mol. The largest absolute Gasteiger partial charge is 0.480 e. The first-order valence-corrected chi connectivity index (χ1v) is 9.18. The van der Waals surface area contributed by atoms with Crippen molar-refractivity contribution in [3.63, 3.8) is 0 Å². The summed E-state index contributed by atoms with van der Waals surface area (Å²) in [5.74, 6) is -1.09. The van der Waals surface area contributed by atoms with Crippen molar-refractivity contribution in [2.75, 3.05) is 6.61 Å². The molecular formula is C24H21NO3. The van der Waals surface area contributed by atoms with Crippen molar-refractivity contribution in [1.82, 2.24) is 0 Å². The molecule has 0 aromatic heterocycles. The lowest BCUT2D eigenvalue weighted by Crippen LogP contribution is -2.41. The summed E-state index contributed by atoms with van der Waals surface area (Å²) in [4.78, 5) is 11.4. The molecule has 0 heterocycles. The van der Waals surface area contributed by atoms with Gasteiger partial charge in [0.25, 0.3) is 0 Å². The van der Waals surface area contributed by atoms with Crippen LogP contribution in [0.4, 0.5) is 0 Å². The SMILES string of the molecule is N[C@@H](COC1(c2ccccc2)c2ccccc2C=Cc2ccccc21)C(=O)O. The number of fused-ring (bicyclic) bond motifs is 2. The second kappa shape index (κ2) is 7.43. The van der Waals surface area contributed by atoms with Gasteiger partial charge in [-0.15, -0.1) is 0 Å². The van der Waals surface area contributed by atoms with E-state index >= 15 is 0 Å². The van der Waals surface area contributed by atoms with Crippen LogP contribution in [0, 0.1) is 0 Å². The minimum atomic E-state index is -1.11. The first-order valence-electron chi connectivity index (χ1n) is 9.18. The Bertz CT molecular complexity index is 977. The zero-order valence-electron chi connectivity index (χ0n) is 15.3. The van der Waals surface area contributed by atoms with E-state index in [1.165, 1.54) is 0 Å². The molecule has 140 valence electrons. The highest BCUT2D eigenvalue weighted by Gasteiger charge is 2.41. The maximum absolute atomic E-state index is 11.4. The lowest BCUT2D eigenvalue weighted by atomic mass is 9.77. The lowest BCUT2D eigenvalue weighted by Gasteiger charge is -2.37. The van der Waals surface area contributed by atoms with Gasteiger partial charge in [0.1, 0.15) is 11.6 Å². The van der Waals surface area contributed by atoms with Gasteiger partial charge in [0, 0.05) is 11.1 Å². The zero-order chi connectivity index (χ0) is 19.6. The first kappa shape index (κ1) is 18.2. The molecule has 0 saturated heterocycles. The molecule has 0 saturated carbocycles. The highest BCUT2D eigenvalue weighted by Crippen LogP contribution is 2.45. The van der Waals surface area contributed by atoms with Crippen molar-refractivity contribution in [2.45, 2.75) is 11.6 Å². The van der Waals surface area contributed by atoms with Crippen LogP contribution in [0.25, 0.3) is 12.2 Å². The van der Waals surface area contributed by atoms with Crippen molar-refractivity contribution in [2.24, 2.45) is 5.73 Å². The third kappa shape index (κ3) is 3.03. The zero-order valence-corrected chi connectivity index (χ0v) is 15.3. The van der Waals surface area contributed by atoms with Crippen LogP contribution in [0.1, 0.15) is 27.8 Å². The molecule has 0 fully saturated rings. The number of carboxylic acids is 1. The number of benzene rings is 3. The fourth-order valence-corrected chi connectivity index (χ4v) is 3.76. The van der Waals surface area contributed by atoms with Crippen molar-refractivity contribution in [3.8, 4) is 0 Å². The molecule has 0 aliphatic heterocycles. The van der Waals surface area contributed by atoms with Crippen LogP contribution in [0.5, 0.6) is 0 Å². The summed E-state index contributed by atoms with van der Waals surface area (Å²) in [6, 6.07) is 24.8. The van der Waals surface area contributed by atoms with Gasteiger partial charge in [0.2, 0.25) is 0 Å². The van der Waals surface area contributed by atoms with Crippen molar-refractivity contribution >= 4 is 18.1 Å². The number of aliphatic carboxylic acids is 1. The topological polar surface area (TPSA) is 72.5 Å². The maximum Gasteiger partial charge on any atom is 0.322 e. The Hall–Kier alpha value is -3.21. The molecule has 0 unspecified atom stereocenters. The summed E-state index contributed by atoms with van der Waals surface area (Å²) >= 11 is 0. The van der Waals surface area contributed by atoms with Gasteiger partial charge in [-0.2, -0.15) is 0 Å². The molecule has 1 aliphatic rings. The predicted octanol–water partition coefficient (Wildman–Crippen LogP) is 3.89. The molecule has 1 aliphatic carbocycles. The van der Waals surface area contributed by atoms with Crippen LogP contribution in [0.2, 0.25) is 0 Å². The third-order valence-electron chi connectivity index (χ3n) is 5.10. The molecule has 4 heteroatoms. The van der Waals surface area contributed by atoms with E-state index in [9.17, 15) is 9.90 Å². The van der Waals surface area contributed by atoms with Gasteiger partial charge in [-0.05, 0) is 16.7 Å². The summed E-state index contributed by atoms with van der Waals surface area (Å²) in [5.41, 5.74) is 9.73. The minimum absolute atomic E-state index is 0.118. The van der Waals surface area contributed by atoms with Crippen LogP contribution in [0.15, 0.2) is 78.9 Å². The number of carbonyl (C=O) groups is 1. The molecule has 3 aromatic rings. The second-order valence-electron chi connectivity index (χ2n) is 6.81. The number of nitrogens with two attached hydrogens (primary N) is 1. The van der Waals surface area contributed by atoms with Crippen molar-refractivity contribution in [1.29, 1.82) is 0 Å². The lowest BCUT2D eigenvalue weighted by molar-refractivity contribution is -0.141. The smallest absolute Gasteiger partial charge is 0.322 e. The summed E-state index contributed by atoms with van der Waals surface area (Å²) < 4.78 is 6.47. The Labute approximate surface area is 163 Å². The van der Waals surface area contributed by atoms with E-state index in [1.807, 2.05) is 78.9 Å². The van der Waals surface area contributed by atoms with E-state index in [0.29, 0.717) is 0 Å². The quantitative estimate of drug-likeness (QED) is 0.714. The summed E-state index contributed by atoms with van der Waals surface area (Å²) in [6.45, 7) is -0.118. The van der Waals surface area contributed by atoms with Gasteiger partial charge in [-0.1, -0.05) is 91.0 Å². The van der Waals surface area contributed by atoms with Gasteiger partial charge in [-0.25, -0.2) is 0 Å². The monoisotopic (exact) mass is 371 g/mol. The molecule has 0 bridgehead atoms. The Morgan fingerprint density at radius 3 is 1.89 bits per heavy atom. The Morgan fingerprint density at radius 2 is 1.36 bits per heavy atom. The van der Waals surface area contributed by atoms with Gasteiger partial charge < -0.3 is 15.6 Å². The van der Waals surface area contributed by atoms with Crippen LogP contribution in [-0.2, 0) is 15.1 Å². The third-order valence-corrected chi connectivity index (χ3v) is 5.10. The second-order valence-corrected chi connectivity index (χ2v) is 6.81. The Morgan fingerprint density at radius 1 is 0.857 bits per heavy atom. The fraction of sp³-hybridized carbons (Fsp3) is 0.125. The molecule has 0 amide bonds. The van der Waals surface area contributed by atoms with Crippen molar-refractivity contribution in [3.05, 3.63) is 107 Å². The Balaban J connectivity index is 2.01. The number of rotatable bonds is 5. The summed E-state index contributed by atoms with van der Waals surface area (Å²) in [6.07, 6.45) is 4.14. The van der Waals surface area contributed by atoms with E-state index in [0.717, 1.165) is 27.8 Å². The Kier molecular flexibility index (Phi) is 4.82. The fourth-order valence-electron chi connectivity index (χ4n) is 3.76. The predicted molar refractivity (Wildman–Crippen MR) is 110 cm³/mol. The number of hydrogen-bond acceptors (Lipinski definition) is 3. The normalized spacial score (nSPS) is 15.2. The first-order chi connectivity index (χ1) is 13.6.